The molecular formula is C18H37NO6P+. The van der Waals surface area contributed by atoms with Crippen molar-refractivity contribution in [2.75, 3.05) is 47.5 Å². The number of carbonyl (C=O) groups is 1. The van der Waals surface area contributed by atoms with Crippen molar-refractivity contribution in [3.63, 3.8) is 0 Å². The van der Waals surface area contributed by atoms with Crippen LogP contribution in [0.2, 0.25) is 0 Å². The predicted molar refractivity (Wildman–Crippen MR) is 103 cm³/mol. The van der Waals surface area contributed by atoms with Crippen molar-refractivity contribution < 1.29 is 32.5 Å². The van der Waals surface area contributed by atoms with Gasteiger partial charge in [0, 0.05) is 6.08 Å². The van der Waals surface area contributed by atoms with Crippen LogP contribution in [0.3, 0.4) is 0 Å². The molecule has 26 heavy (non-hydrogen) atoms. The summed E-state index contributed by atoms with van der Waals surface area (Å²) in [5.74, 6) is -0.383. The molecule has 0 heterocycles. The molecule has 0 aliphatic heterocycles. The van der Waals surface area contributed by atoms with Crippen LogP contribution in [0.25, 0.3) is 0 Å². The number of unbranched alkanes of at least 4 members (excludes halogenated alkanes) is 6. The van der Waals surface area contributed by atoms with E-state index in [0.717, 1.165) is 68.5 Å². The molecule has 0 aliphatic carbocycles. The molecule has 154 valence electrons. The zero-order valence-corrected chi connectivity index (χ0v) is 17.5. The summed E-state index contributed by atoms with van der Waals surface area (Å²) in [5, 5.41) is 0. The Bertz CT molecular complexity index is 436. The lowest BCUT2D eigenvalue weighted by atomic mass is 10.1. The Labute approximate surface area is 158 Å². The van der Waals surface area contributed by atoms with E-state index >= 15 is 0 Å². The third-order valence-electron chi connectivity index (χ3n) is 3.68. The van der Waals surface area contributed by atoms with Gasteiger partial charge in [0.1, 0.15) is 0 Å². The predicted octanol–water partition coefficient (Wildman–Crippen LogP) is 3.68. The van der Waals surface area contributed by atoms with Gasteiger partial charge in [0.05, 0.1) is 47.5 Å². The number of esters is 1. The van der Waals surface area contributed by atoms with E-state index in [1.807, 2.05) is 0 Å². The summed E-state index contributed by atoms with van der Waals surface area (Å²) < 4.78 is 27.4. The summed E-state index contributed by atoms with van der Waals surface area (Å²) >= 11 is 0. The minimum atomic E-state index is -3.92. The Morgan fingerprint density at radius 3 is 1.88 bits per heavy atom. The molecule has 1 N–H and O–H groups in total. The normalized spacial score (nSPS) is 14.0. The van der Waals surface area contributed by atoms with Gasteiger partial charge < -0.3 is 14.1 Å². The fourth-order valence-corrected chi connectivity index (χ4v) is 3.02. The first kappa shape index (κ1) is 25.3. The minimum absolute atomic E-state index is 0.226. The maximum Gasteiger partial charge on any atom is 0.472 e. The van der Waals surface area contributed by atoms with Crippen molar-refractivity contribution in [3.05, 3.63) is 12.7 Å². The molecule has 8 heteroatoms. The van der Waals surface area contributed by atoms with E-state index in [2.05, 4.69) is 27.7 Å². The summed E-state index contributed by atoms with van der Waals surface area (Å²) in [5.41, 5.74) is 0. The molecular weight excluding hydrogens is 357 g/mol. The number of nitrogens with zero attached hydrogens (tertiary/aromatic N) is 1. The molecule has 0 aromatic heterocycles. The van der Waals surface area contributed by atoms with Crippen molar-refractivity contribution in [2.24, 2.45) is 0 Å². The summed E-state index contributed by atoms with van der Waals surface area (Å²) in [4.78, 5) is 20.4. The van der Waals surface area contributed by atoms with Crippen LogP contribution in [-0.4, -0.2) is 62.9 Å². The first-order chi connectivity index (χ1) is 12.2. The minimum Gasteiger partial charge on any atom is -0.463 e. The molecule has 0 fully saturated rings. The number of hydrogen-bond acceptors (Lipinski definition) is 5. The summed E-state index contributed by atoms with van der Waals surface area (Å²) in [6.07, 6.45) is 8.36. The Morgan fingerprint density at radius 1 is 0.923 bits per heavy atom. The second-order valence-corrected chi connectivity index (χ2v) is 8.80. The van der Waals surface area contributed by atoms with Gasteiger partial charge in [-0.05, 0) is 25.7 Å². The van der Waals surface area contributed by atoms with E-state index in [-0.39, 0.29) is 19.2 Å². The summed E-state index contributed by atoms with van der Waals surface area (Å²) in [6.45, 7) is 5.22. The molecule has 0 saturated carbocycles. The van der Waals surface area contributed by atoms with E-state index in [1.165, 1.54) is 0 Å². The van der Waals surface area contributed by atoms with Crippen molar-refractivity contribution in [1.82, 2.24) is 0 Å². The quantitative estimate of drug-likeness (QED) is 0.133. The zero-order chi connectivity index (χ0) is 19.9. The Kier molecular flexibility index (Phi) is 14.0. The van der Waals surface area contributed by atoms with Crippen LogP contribution in [0.4, 0.5) is 0 Å². The van der Waals surface area contributed by atoms with Gasteiger partial charge in [-0.1, -0.05) is 32.3 Å². The van der Waals surface area contributed by atoms with Crippen LogP contribution in [0.15, 0.2) is 12.7 Å². The van der Waals surface area contributed by atoms with Gasteiger partial charge in [-0.2, -0.15) is 0 Å². The molecule has 0 aromatic carbocycles. The van der Waals surface area contributed by atoms with E-state index < -0.39 is 7.82 Å². The number of quaternary nitrogens is 1. The first-order valence-electron chi connectivity index (χ1n) is 9.38. The standard InChI is InChI=1S/C18H36NO6P/c1-5-18(20)23-15-11-8-6-7-9-12-16-24-26(21,22)25-17-13-10-14-19(2,3)4/h5H,1,6-17H2,2-4H3/p+1. The Hall–Kier alpha value is -0.720. The summed E-state index contributed by atoms with van der Waals surface area (Å²) in [6, 6.07) is 0. The fraction of sp³-hybridized carbons (Fsp3) is 0.833. The highest BCUT2D eigenvalue weighted by Crippen LogP contribution is 2.43. The number of phosphoric ester groups is 1. The van der Waals surface area contributed by atoms with E-state index in [4.69, 9.17) is 13.8 Å². The van der Waals surface area contributed by atoms with Gasteiger partial charge in [0.25, 0.3) is 0 Å². The van der Waals surface area contributed by atoms with E-state index in [1.54, 1.807) is 0 Å². The van der Waals surface area contributed by atoms with Crippen LogP contribution in [-0.2, 0) is 23.1 Å². The molecule has 0 spiro atoms. The van der Waals surface area contributed by atoms with Crippen molar-refractivity contribution in [3.8, 4) is 0 Å². The third-order valence-corrected chi connectivity index (χ3v) is 4.70. The van der Waals surface area contributed by atoms with Gasteiger partial charge >= 0.3 is 13.8 Å². The molecule has 0 rings (SSSR count). The molecule has 0 bridgehead atoms. The average Bonchev–Trinajstić information content (AvgIpc) is 2.54. The van der Waals surface area contributed by atoms with Crippen LogP contribution in [0, 0.1) is 0 Å². The number of phosphoric acid groups is 1. The smallest absolute Gasteiger partial charge is 0.463 e. The SMILES string of the molecule is C=CC(=O)OCCCCCCCCOP(=O)(O)OCCCC[N+](C)(C)C. The lowest BCUT2D eigenvalue weighted by Gasteiger charge is -2.23. The van der Waals surface area contributed by atoms with Crippen LogP contribution >= 0.6 is 7.82 Å². The van der Waals surface area contributed by atoms with Crippen molar-refractivity contribution >= 4 is 13.8 Å². The van der Waals surface area contributed by atoms with Crippen molar-refractivity contribution in [2.45, 2.75) is 51.4 Å². The van der Waals surface area contributed by atoms with Gasteiger partial charge in [-0.25, -0.2) is 9.36 Å². The number of rotatable bonds is 17. The maximum atomic E-state index is 11.7. The highest BCUT2D eigenvalue weighted by molar-refractivity contribution is 7.47. The molecule has 0 radical (unpaired) electrons. The zero-order valence-electron chi connectivity index (χ0n) is 16.7. The van der Waals surface area contributed by atoms with Crippen LogP contribution in [0.5, 0.6) is 0 Å². The number of carbonyl (C=O) groups excluding carboxylic acids is 1. The average molecular weight is 394 g/mol. The lowest BCUT2D eigenvalue weighted by molar-refractivity contribution is -0.870. The number of ether oxygens (including phenoxy) is 1. The highest BCUT2D eigenvalue weighted by atomic mass is 31.2. The maximum absolute atomic E-state index is 11.7. The van der Waals surface area contributed by atoms with E-state index in [9.17, 15) is 14.3 Å². The lowest BCUT2D eigenvalue weighted by Crippen LogP contribution is -2.35. The van der Waals surface area contributed by atoms with Crippen molar-refractivity contribution in [1.29, 1.82) is 0 Å². The first-order valence-corrected chi connectivity index (χ1v) is 10.9. The van der Waals surface area contributed by atoms with Crippen LogP contribution < -0.4 is 0 Å². The van der Waals surface area contributed by atoms with Gasteiger partial charge in [0.2, 0.25) is 0 Å². The largest absolute Gasteiger partial charge is 0.472 e. The van der Waals surface area contributed by atoms with Gasteiger partial charge in [-0.3, -0.25) is 9.05 Å². The van der Waals surface area contributed by atoms with Gasteiger partial charge in [-0.15, -0.1) is 0 Å². The Morgan fingerprint density at radius 2 is 1.38 bits per heavy atom. The second kappa shape index (κ2) is 14.4. The molecule has 0 aliphatic rings. The van der Waals surface area contributed by atoms with Crippen LogP contribution in [0.1, 0.15) is 51.4 Å². The third kappa shape index (κ3) is 18.1. The monoisotopic (exact) mass is 394 g/mol. The summed E-state index contributed by atoms with van der Waals surface area (Å²) in [7, 11) is 2.41. The Balaban J connectivity index is 3.46. The second-order valence-electron chi connectivity index (χ2n) is 7.35. The van der Waals surface area contributed by atoms with Gasteiger partial charge in [0.15, 0.2) is 0 Å². The molecule has 1 atom stereocenters. The molecule has 0 amide bonds. The van der Waals surface area contributed by atoms with E-state index in [0.29, 0.717) is 6.61 Å². The molecule has 0 saturated heterocycles. The highest BCUT2D eigenvalue weighted by Gasteiger charge is 2.20. The molecule has 0 aromatic rings. The molecule has 1 unspecified atom stereocenters. The molecule has 7 nitrogen and oxygen atoms in total. The topological polar surface area (TPSA) is 82.1 Å². The fourth-order valence-electron chi connectivity index (χ4n) is 2.23. The number of hydrogen-bond donors (Lipinski definition) is 1.